The Hall–Kier alpha value is -2.53. The van der Waals surface area contributed by atoms with Crippen molar-refractivity contribution >= 4 is 28.1 Å². The molecule has 0 fully saturated rings. The zero-order valence-corrected chi connectivity index (χ0v) is 13.2. The maximum absolute atomic E-state index is 5.96. The molecule has 0 saturated carbocycles. The molecule has 0 bridgehead atoms. The summed E-state index contributed by atoms with van der Waals surface area (Å²) in [6, 6.07) is 13.6. The predicted octanol–water partition coefficient (Wildman–Crippen LogP) is 3.49. The first-order valence-electron chi connectivity index (χ1n) is 6.78. The van der Waals surface area contributed by atoms with Gasteiger partial charge in [-0.15, -0.1) is 0 Å². The minimum Gasteiger partial charge on any atom is -0.497 e. The number of benzene rings is 2. The van der Waals surface area contributed by atoms with Crippen LogP contribution in [0.4, 0.5) is 0 Å². The number of fused-ring (bicyclic) bond motifs is 1. The van der Waals surface area contributed by atoms with Crippen LogP contribution in [0.1, 0.15) is 5.56 Å². The standard InChI is InChI=1S/C17H16N2O2S/c1-20-11-5-3-4-10(8-11)16-15(17(18)22)13-9-12(21-2)6-7-14(13)19-16/h3-9,19H,1-2H3,(H2,18,22). The van der Waals surface area contributed by atoms with Gasteiger partial charge in [0.05, 0.1) is 19.9 Å². The van der Waals surface area contributed by atoms with Gasteiger partial charge in [-0.05, 0) is 30.3 Å². The zero-order chi connectivity index (χ0) is 15.7. The van der Waals surface area contributed by atoms with Gasteiger partial charge in [-0.2, -0.15) is 0 Å². The van der Waals surface area contributed by atoms with E-state index in [0.29, 0.717) is 4.99 Å². The molecule has 0 aliphatic rings. The van der Waals surface area contributed by atoms with Gasteiger partial charge in [0.15, 0.2) is 0 Å². The van der Waals surface area contributed by atoms with Gasteiger partial charge in [-0.1, -0.05) is 24.4 Å². The van der Waals surface area contributed by atoms with Crippen LogP contribution in [0, 0.1) is 0 Å². The number of ether oxygens (including phenoxy) is 2. The zero-order valence-electron chi connectivity index (χ0n) is 12.3. The molecule has 0 aliphatic heterocycles. The average molecular weight is 312 g/mol. The summed E-state index contributed by atoms with van der Waals surface area (Å²) in [5.41, 5.74) is 9.59. The van der Waals surface area contributed by atoms with Crippen molar-refractivity contribution in [3.8, 4) is 22.8 Å². The molecule has 1 heterocycles. The molecule has 0 aliphatic carbocycles. The van der Waals surface area contributed by atoms with Crippen LogP contribution in [0.2, 0.25) is 0 Å². The Morgan fingerprint density at radius 1 is 1.05 bits per heavy atom. The number of H-pyrrole nitrogens is 1. The summed E-state index contributed by atoms with van der Waals surface area (Å²) in [5.74, 6) is 1.55. The van der Waals surface area contributed by atoms with Crippen molar-refractivity contribution in [3.05, 3.63) is 48.0 Å². The molecule has 4 nitrogen and oxygen atoms in total. The number of aromatic amines is 1. The van der Waals surface area contributed by atoms with E-state index >= 15 is 0 Å². The molecule has 0 atom stereocenters. The number of hydrogen-bond acceptors (Lipinski definition) is 3. The summed E-state index contributed by atoms with van der Waals surface area (Å²) in [6.45, 7) is 0. The Kier molecular flexibility index (Phi) is 3.73. The Bertz CT molecular complexity index is 855. The minimum absolute atomic E-state index is 0.345. The van der Waals surface area contributed by atoms with Gasteiger partial charge in [0, 0.05) is 22.0 Å². The van der Waals surface area contributed by atoms with Crippen molar-refractivity contribution in [2.75, 3.05) is 14.2 Å². The molecule has 22 heavy (non-hydrogen) atoms. The second-order valence-electron chi connectivity index (χ2n) is 4.88. The van der Waals surface area contributed by atoms with Gasteiger partial charge in [0.1, 0.15) is 16.5 Å². The Balaban J connectivity index is 2.28. The molecule has 0 amide bonds. The van der Waals surface area contributed by atoms with E-state index in [1.54, 1.807) is 14.2 Å². The number of rotatable bonds is 4. The molecule has 5 heteroatoms. The molecule has 3 rings (SSSR count). The third kappa shape index (κ3) is 2.40. The molecule has 0 radical (unpaired) electrons. The lowest BCUT2D eigenvalue weighted by molar-refractivity contribution is 0.415. The van der Waals surface area contributed by atoms with Gasteiger partial charge in [-0.3, -0.25) is 0 Å². The van der Waals surface area contributed by atoms with E-state index in [0.717, 1.165) is 39.2 Å². The number of thiocarbonyl (C=S) groups is 1. The van der Waals surface area contributed by atoms with E-state index in [1.165, 1.54) is 0 Å². The fraction of sp³-hybridized carbons (Fsp3) is 0.118. The second-order valence-corrected chi connectivity index (χ2v) is 5.32. The molecule has 0 unspecified atom stereocenters. The van der Waals surface area contributed by atoms with Gasteiger partial charge in [-0.25, -0.2) is 0 Å². The summed E-state index contributed by atoms with van der Waals surface area (Å²) >= 11 is 5.26. The highest BCUT2D eigenvalue weighted by Gasteiger charge is 2.16. The SMILES string of the molecule is COc1cccc(-c2[nH]c3ccc(OC)cc3c2C(N)=S)c1. The Morgan fingerprint density at radius 3 is 2.45 bits per heavy atom. The van der Waals surface area contributed by atoms with E-state index in [2.05, 4.69) is 4.98 Å². The van der Waals surface area contributed by atoms with Crippen LogP contribution >= 0.6 is 12.2 Å². The van der Waals surface area contributed by atoms with Crippen molar-refractivity contribution in [2.45, 2.75) is 0 Å². The van der Waals surface area contributed by atoms with Crippen LogP contribution in [-0.4, -0.2) is 24.2 Å². The fourth-order valence-corrected chi connectivity index (χ4v) is 2.76. The maximum atomic E-state index is 5.96. The molecule has 0 saturated heterocycles. The topological polar surface area (TPSA) is 60.3 Å². The van der Waals surface area contributed by atoms with Crippen LogP contribution in [-0.2, 0) is 0 Å². The monoisotopic (exact) mass is 312 g/mol. The van der Waals surface area contributed by atoms with Gasteiger partial charge in [0.2, 0.25) is 0 Å². The van der Waals surface area contributed by atoms with Crippen molar-refractivity contribution in [1.29, 1.82) is 0 Å². The minimum atomic E-state index is 0.345. The largest absolute Gasteiger partial charge is 0.497 e. The molecular formula is C17H16N2O2S. The smallest absolute Gasteiger partial charge is 0.119 e. The number of nitrogens with two attached hydrogens (primary N) is 1. The van der Waals surface area contributed by atoms with E-state index in [9.17, 15) is 0 Å². The van der Waals surface area contributed by atoms with Crippen LogP contribution in [0.15, 0.2) is 42.5 Å². The van der Waals surface area contributed by atoms with Crippen LogP contribution in [0.3, 0.4) is 0 Å². The van der Waals surface area contributed by atoms with Crippen LogP contribution in [0.25, 0.3) is 22.2 Å². The molecule has 1 aromatic heterocycles. The molecule has 3 aromatic rings. The van der Waals surface area contributed by atoms with Gasteiger partial charge < -0.3 is 20.2 Å². The number of methoxy groups -OCH3 is 2. The highest BCUT2D eigenvalue weighted by Crippen LogP contribution is 2.33. The van der Waals surface area contributed by atoms with E-state index in [4.69, 9.17) is 27.4 Å². The normalized spacial score (nSPS) is 10.6. The summed E-state index contributed by atoms with van der Waals surface area (Å²) < 4.78 is 10.6. The Labute approximate surface area is 133 Å². The first-order valence-corrected chi connectivity index (χ1v) is 7.19. The van der Waals surface area contributed by atoms with Gasteiger partial charge >= 0.3 is 0 Å². The van der Waals surface area contributed by atoms with E-state index in [-0.39, 0.29) is 0 Å². The summed E-state index contributed by atoms with van der Waals surface area (Å²) in [6.07, 6.45) is 0. The molecular weight excluding hydrogens is 296 g/mol. The van der Waals surface area contributed by atoms with E-state index in [1.807, 2.05) is 42.5 Å². The first-order chi connectivity index (χ1) is 10.6. The lowest BCUT2D eigenvalue weighted by Gasteiger charge is -2.06. The number of nitrogens with one attached hydrogen (secondary N) is 1. The summed E-state index contributed by atoms with van der Waals surface area (Å²) in [7, 11) is 3.28. The number of aromatic nitrogens is 1. The van der Waals surface area contributed by atoms with Gasteiger partial charge in [0.25, 0.3) is 0 Å². The van der Waals surface area contributed by atoms with Crippen molar-refractivity contribution in [1.82, 2.24) is 4.98 Å². The van der Waals surface area contributed by atoms with Crippen molar-refractivity contribution in [3.63, 3.8) is 0 Å². The molecule has 112 valence electrons. The lowest BCUT2D eigenvalue weighted by Crippen LogP contribution is -2.10. The first kappa shape index (κ1) is 14.4. The fourth-order valence-electron chi connectivity index (χ4n) is 2.55. The average Bonchev–Trinajstić information content (AvgIpc) is 2.93. The highest BCUT2D eigenvalue weighted by molar-refractivity contribution is 7.80. The second kappa shape index (κ2) is 5.69. The Morgan fingerprint density at radius 2 is 1.77 bits per heavy atom. The van der Waals surface area contributed by atoms with Crippen LogP contribution < -0.4 is 15.2 Å². The summed E-state index contributed by atoms with van der Waals surface area (Å²) in [4.78, 5) is 3.73. The number of hydrogen-bond donors (Lipinski definition) is 2. The lowest BCUT2D eigenvalue weighted by atomic mass is 10.0. The molecule has 2 aromatic carbocycles. The predicted molar refractivity (Wildman–Crippen MR) is 92.7 cm³/mol. The third-order valence-electron chi connectivity index (χ3n) is 3.61. The molecule has 3 N–H and O–H groups in total. The molecule has 0 spiro atoms. The summed E-state index contributed by atoms with van der Waals surface area (Å²) in [5, 5.41) is 0.949. The quantitative estimate of drug-likeness (QED) is 0.724. The third-order valence-corrected chi connectivity index (χ3v) is 3.81. The highest BCUT2D eigenvalue weighted by atomic mass is 32.1. The maximum Gasteiger partial charge on any atom is 0.119 e. The van der Waals surface area contributed by atoms with Crippen molar-refractivity contribution < 1.29 is 9.47 Å². The van der Waals surface area contributed by atoms with E-state index < -0.39 is 0 Å². The van der Waals surface area contributed by atoms with Crippen LogP contribution in [0.5, 0.6) is 11.5 Å². The van der Waals surface area contributed by atoms with Crippen molar-refractivity contribution in [2.24, 2.45) is 5.73 Å².